The molecule has 0 radical (unpaired) electrons. The topological polar surface area (TPSA) is 76.6 Å². The summed E-state index contributed by atoms with van der Waals surface area (Å²) in [6.45, 7) is 6.07. The van der Waals surface area contributed by atoms with Crippen molar-refractivity contribution in [2.75, 3.05) is 39.3 Å². The van der Waals surface area contributed by atoms with Gasteiger partial charge in [-0.15, -0.1) is 0 Å². The molecular formula is C14H22N4O. The minimum atomic E-state index is 0.115. The second-order valence-electron chi connectivity index (χ2n) is 4.95. The Morgan fingerprint density at radius 1 is 1.11 bits per heavy atom. The standard InChI is InChI=1S/C14H22N4O/c15-14(16)13-3-1-12(2-4-13)11-18-7-5-17(6-8-18)9-10-19/h1-4,19H,5-11H2,(H3,15,16). The Kier molecular flexibility index (Phi) is 4.90. The van der Waals surface area contributed by atoms with Crippen LogP contribution in [0.2, 0.25) is 0 Å². The van der Waals surface area contributed by atoms with Gasteiger partial charge in [-0.3, -0.25) is 15.2 Å². The Bertz CT molecular complexity index is 410. The largest absolute Gasteiger partial charge is 0.395 e. The maximum Gasteiger partial charge on any atom is 0.122 e. The fourth-order valence-corrected chi connectivity index (χ4v) is 2.36. The molecule has 1 aromatic rings. The number of amidine groups is 1. The second kappa shape index (κ2) is 6.65. The van der Waals surface area contributed by atoms with Crippen LogP contribution in [0.4, 0.5) is 0 Å². The van der Waals surface area contributed by atoms with E-state index in [0.29, 0.717) is 0 Å². The van der Waals surface area contributed by atoms with Gasteiger partial charge in [0.1, 0.15) is 5.84 Å². The van der Waals surface area contributed by atoms with E-state index in [1.165, 1.54) is 5.56 Å². The quantitative estimate of drug-likeness (QED) is 0.519. The van der Waals surface area contributed by atoms with Crippen LogP contribution >= 0.6 is 0 Å². The molecule has 1 fully saturated rings. The van der Waals surface area contributed by atoms with Crippen molar-refractivity contribution < 1.29 is 5.11 Å². The summed E-state index contributed by atoms with van der Waals surface area (Å²) in [7, 11) is 0. The van der Waals surface area contributed by atoms with Gasteiger partial charge in [0.15, 0.2) is 0 Å². The number of hydrogen-bond donors (Lipinski definition) is 3. The van der Waals surface area contributed by atoms with Gasteiger partial charge in [0.05, 0.1) is 6.61 Å². The van der Waals surface area contributed by atoms with Crippen LogP contribution in [0.25, 0.3) is 0 Å². The SMILES string of the molecule is N=C(N)c1ccc(CN2CCN(CCO)CC2)cc1. The minimum Gasteiger partial charge on any atom is -0.395 e. The summed E-state index contributed by atoms with van der Waals surface area (Å²) >= 11 is 0. The van der Waals surface area contributed by atoms with E-state index in [1.807, 2.05) is 24.3 Å². The van der Waals surface area contributed by atoms with E-state index in [4.69, 9.17) is 16.2 Å². The molecule has 0 amide bonds. The van der Waals surface area contributed by atoms with E-state index in [9.17, 15) is 0 Å². The fourth-order valence-electron chi connectivity index (χ4n) is 2.36. The molecular weight excluding hydrogens is 240 g/mol. The number of benzene rings is 1. The Morgan fingerprint density at radius 2 is 1.68 bits per heavy atom. The number of hydrogen-bond acceptors (Lipinski definition) is 4. The number of aliphatic hydroxyl groups excluding tert-OH is 1. The molecule has 0 aromatic heterocycles. The second-order valence-corrected chi connectivity index (χ2v) is 4.95. The number of nitrogens with one attached hydrogen (secondary N) is 1. The lowest BCUT2D eigenvalue weighted by Gasteiger charge is -2.34. The molecule has 0 saturated carbocycles. The highest BCUT2D eigenvalue weighted by Gasteiger charge is 2.16. The molecule has 19 heavy (non-hydrogen) atoms. The molecule has 0 unspecified atom stereocenters. The van der Waals surface area contributed by atoms with E-state index in [-0.39, 0.29) is 12.4 Å². The smallest absolute Gasteiger partial charge is 0.122 e. The summed E-state index contributed by atoms with van der Waals surface area (Å²) in [6.07, 6.45) is 0. The van der Waals surface area contributed by atoms with E-state index in [1.54, 1.807) is 0 Å². The Morgan fingerprint density at radius 3 is 2.21 bits per heavy atom. The lowest BCUT2D eigenvalue weighted by atomic mass is 10.1. The number of nitrogens with two attached hydrogens (primary N) is 1. The first-order chi connectivity index (χ1) is 9.19. The van der Waals surface area contributed by atoms with Gasteiger partial charge in [0, 0.05) is 44.8 Å². The van der Waals surface area contributed by atoms with Crippen molar-refractivity contribution in [2.45, 2.75) is 6.54 Å². The lowest BCUT2D eigenvalue weighted by Crippen LogP contribution is -2.46. The maximum atomic E-state index is 8.91. The maximum absolute atomic E-state index is 8.91. The Labute approximate surface area is 114 Å². The molecule has 0 spiro atoms. The summed E-state index contributed by atoms with van der Waals surface area (Å²) in [5, 5.41) is 16.3. The van der Waals surface area contributed by atoms with Crippen LogP contribution in [0.3, 0.4) is 0 Å². The van der Waals surface area contributed by atoms with Crippen molar-refractivity contribution in [3.05, 3.63) is 35.4 Å². The van der Waals surface area contributed by atoms with Crippen molar-refractivity contribution in [2.24, 2.45) is 5.73 Å². The van der Waals surface area contributed by atoms with E-state index in [2.05, 4.69) is 9.80 Å². The van der Waals surface area contributed by atoms with Crippen molar-refractivity contribution in [1.82, 2.24) is 9.80 Å². The molecule has 1 aliphatic rings. The third-order valence-corrected chi connectivity index (χ3v) is 3.55. The first-order valence-electron chi connectivity index (χ1n) is 6.68. The summed E-state index contributed by atoms with van der Waals surface area (Å²) in [5.74, 6) is 0.115. The molecule has 0 atom stereocenters. The van der Waals surface area contributed by atoms with E-state index in [0.717, 1.165) is 44.8 Å². The monoisotopic (exact) mass is 262 g/mol. The van der Waals surface area contributed by atoms with Crippen LogP contribution in [0.1, 0.15) is 11.1 Å². The zero-order chi connectivity index (χ0) is 13.7. The first kappa shape index (κ1) is 14.0. The lowest BCUT2D eigenvalue weighted by molar-refractivity contribution is 0.108. The minimum absolute atomic E-state index is 0.115. The van der Waals surface area contributed by atoms with Gasteiger partial charge in [-0.2, -0.15) is 0 Å². The normalized spacial score (nSPS) is 17.5. The zero-order valence-corrected chi connectivity index (χ0v) is 11.2. The highest BCUT2D eigenvalue weighted by Crippen LogP contribution is 2.09. The first-order valence-corrected chi connectivity index (χ1v) is 6.68. The Hall–Kier alpha value is -1.43. The number of β-amino-alcohol motifs (C(OH)–C–C–N with tert-alkyl or cyclic N) is 1. The molecule has 0 aliphatic carbocycles. The van der Waals surface area contributed by atoms with Gasteiger partial charge in [0.2, 0.25) is 0 Å². The van der Waals surface area contributed by atoms with Crippen LogP contribution in [0.15, 0.2) is 24.3 Å². The Balaban J connectivity index is 1.83. The van der Waals surface area contributed by atoms with Crippen LogP contribution in [0.5, 0.6) is 0 Å². The van der Waals surface area contributed by atoms with Crippen LogP contribution < -0.4 is 5.73 Å². The predicted molar refractivity (Wildman–Crippen MR) is 76.3 cm³/mol. The van der Waals surface area contributed by atoms with Gasteiger partial charge >= 0.3 is 0 Å². The molecule has 1 saturated heterocycles. The number of piperazine rings is 1. The third kappa shape index (κ3) is 4.02. The molecule has 4 N–H and O–H groups in total. The van der Waals surface area contributed by atoms with Gasteiger partial charge in [-0.25, -0.2) is 0 Å². The number of nitrogens with zero attached hydrogens (tertiary/aromatic N) is 2. The van der Waals surface area contributed by atoms with Crippen LogP contribution in [-0.4, -0.2) is 60.1 Å². The van der Waals surface area contributed by atoms with Crippen LogP contribution in [0, 0.1) is 5.41 Å². The van der Waals surface area contributed by atoms with Gasteiger partial charge in [-0.05, 0) is 5.56 Å². The average Bonchev–Trinajstić information content (AvgIpc) is 2.42. The van der Waals surface area contributed by atoms with E-state index < -0.39 is 0 Å². The summed E-state index contributed by atoms with van der Waals surface area (Å²) in [5.41, 5.74) is 7.46. The summed E-state index contributed by atoms with van der Waals surface area (Å²) < 4.78 is 0. The van der Waals surface area contributed by atoms with Gasteiger partial charge in [0.25, 0.3) is 0 Å². The van der Waals surface area contributed by atoms with Gasteiger partial charge < -0.3 is 10.8 Å². The number of nitrogen functional groups attached to an aromatic ring is 1. The van der Waals surface area contributed by atoms with Crippen LogP contribution in [-0.2, 0) is 6.54 Å². The molecule has 0 bridgehead atoms. The molecule has 1 heterocycles. The number of rotatable bonds is 5. The summed E-state index contributed by atoms with van der Waals surface area (Å²) in [6, 6.07) is 7.88. The van der Waals surface area contributed by atoms with Crippen molar-refractivity contribution in [3.8, 4) is 0 Å². The van der Waals surface area contributed by atoms with Crippen molar-refractivity contribution in [1.29, 1.82) is 5.41 Å². The average molecular weight is 262 g/mol. The van der Waals surface area contributed by atoms with Crippen molar-refractivity contribution >= 4 is 5.84 Å². The highest BCUT2D eigenvalue weighted by atomic mass is 16.3. The number of aliphatic hydroxyl groups is 1. The molecule has 2 rings (SSSR count). The van der Waals surface area contributed by atoms with Gasteiger partial charge in [-0.1, -0.05) is 24.3 Å². The molecule has 1 aliphatic heterocycles. The van der Waals surface area contributed by atoms with E-state index >= 15 is 0 Å². The zero-order valence-electron chi connectivity index (χ0n) is 11.2. The molecule has 5 nitrogen and oxygen atoms in total. The van der Waals surface area contributed by atoms with Crippen molar-refractivity contribution in [3.63, 3.8) is 0 Å². The molecule has 104 valence electrons. The molecule has 5 heteroatoms. The third-order valence-electron chi connectivity index (χ3n) is 3.55. The molecule has 1 aromatic carbocycles. The summed E-state index contributed by atoms with van der Waals surface area (Å²) in [4.78, 5) is 4.70. The predicted octanol–water partition coefficient (Wildman–Crippen LogP) is 0.0806. The highest BCUT2D eigenvalue weighted by molar-refractivity contribution is 5.94. The fraction of sp³-hybridized carbons (Fsp3) is 0.500.